The van der Waals surface area contributed by atoms with E-state index in [9.17, 15) is 13.2 Å². The van der Waals surface area contributed by atoms with Gasteiger partial charge in [0, 0.05) is 0 Å². The Morgan fingerprint density at radius 1 is 1.04 bits per heavy atom. The molecule has 0 fully saturated rings. The number of hydrogen-bond acceptors (Lipinski definition) is 6. The molecule has 0 bridgehead atoms. The molecular weight excluding hydrogens is 370 g/mol. The molecule has 0 aliphatic rings. The molecule has 1 aromatic rings. The number of alkyl carbamates (subject to hydrolysis) is 1. The number of nitrogens with one attached hydrogen (secondary N) is 1. The van der Waals surface area contributed by atoms with Crippen LogP contribution in [0.3, 0.4) is 0 Å². The zero-order valence-corrected chi connectivity index (χ0v) is 18.0. The van der Waals surface area contributed by atoms with Gasteiger partial charge < -0.3 is 14.8 Å². The van der Waals surface area contributed by atoms with Gasteiger partial charge in [-0.1, -0.05) is 12.1 Å². The van der Waals surface area contributed by atoms with Crippen molar-refractivity contribution in [3.8, 4) is 5.75 Å². The number of ether oxygens (including phenoxy) is 2. The third-order valence-corrected chi connectivity index (χ3v) is 3.60. The summed E-state index contributed by atoms with van der Waals surface area (Å²) in [5.74, 6) is 0.732. The Hall–Kier alpha value is -1.80. The van der Waals surface area contributed by atoms with E-state index in [1.165, 1.54) is 0 Å². The largest absolute Gasteiger partial charge is 0.488 e. The molecule has 1 atom stereocenters. The number of rotatable bonds is 7. The van der Waals surface area contributed by atoms with Gasteiger partial charge in [-0.2, -0.15) is 8.42 Å². The fraction of sp³-hybridized carbons (Fsp3) is 0.632. The van der Waals surface area contributed by atoms with Crippen LogP contribution >= 0.6 is 0 Å². The van der Waals surface area contributed by atoms with Crippen molar-refractivity contribution in [2.45, 2.75) is 65.2 Å². The van der Waals surface area contributed by atoms with Gasteiger partial charge in [-0.25, -0.2) is 4.79 Å². The molecule has 0 spiro atoms. The first kappa shape index (κ1) is 23.2. The van der Waals surface area contributed by atoms with Gasteiger partial charge in [0.15, 0.2) is 0 Å². The van der Waals surface area contributed by atoms with Crippen LogP contribution in [0.15, 0.2) is 24.3 Å². The van der Waals surface area contributed by atoms with Crippen molar-refractivity contribution in [1.82, 2.24) is 5.32 Å². The molecule has 0 heterocycles. The first-order chi connectivity index (χ1) is 12.1. The zero-order chi connectivity index (χ0) is 20.9. The fourth-order valence-corrected chi connectivity index (χ4v) is 2.57. The Labute approximate surface area is 162 Å². The third-order valence-electron chi connectivity index (χ3n) is 3.03. The van der Waals surface area contributed by atoms with E-state index in [4.69, 9.17) is 13.7 Å². The number of hydrogen-bond donors (Lipinski definition) is 1. The van der Waals surface area contributed by atoms with Crippen molar-refractivity contribution in [1.29, 1.82) is 0 Å². The van der Waals surface area contributed by atoms with Crippen LogP contribution in [0.5, 0.6) is 5.75 Å². The highest BCUT2D eigenvalue weighted by atomic mass is 32.2. The van der Waals surface area contributed by atoms with Gasteiger partial charge in [0.25, 0.3) is 10.1 Å². The molecule has 7 nitrogen and oxygen atoms in total. The quantitative estimate of drug-likeness (QED) is 0.705. The van der Waals surface area contributed by atoms with Crippen LogP contribution in [0.2, 0.25) is 0 Å². The van der Waals surface area contributed by atoms with E-state index in [2.05, 4.69) is 5.32 Å². The minimum absolute atomic E-state index is 0.182. The monoisotopic (exact) mass is 401 g/mol. The van der Waals surface area contributed by atoms with Crippen LogP contribution < -0.4 is 10.1 Å². The lowest BCUT2D eigenvalue weighted by atomic mass is 10.1. The summed E-state index contributed by atoms with van der Waals surface area (Å²) in [6.07, 6.45) is 0.720. The van der Waals surface area contributed by atoms with E-state index in [0.717, 1.165) is 17.6 Å². The summed E-state index contributed by atoms with van der Waals surface area (Å²) in [4.78, 5) is 12.0. The van der Waals surface area contributed by atoms with Gasteiger partial charge in [-0.3, -0.25) is 4.18 Å². The van der Waals surface area contributed by atoms with Crippen molar-refractivity contribution in [3.05, 3.63) is 29.8 Å². The zero-order valence-electron chi connectivity index (χ0n) is 17.2. The Morgan fingerprint density at radius 2 is 1.59 bits per heavy atom. The topological polar surface area (TPSA) is 90.9 Å². The maximum absolute atomic E-state index is 12.0. The van der Waals surface area contributed by atoms with Crippen molar-refractivity contribution in [3.63, 3.8) is 0 Å². The smallest absolute Gasteiger partial charge is 0.407 e. The highest BCUT2D eigenvalue weighted by molar-refractivity contribution is 7.85. The summed E-state index contributed by atoms with van der Waals surface area (Å²) < 4.78 is 38.5. The van der Waals surface area contributed by atoms with Crippen molar-refractivity contribution in [2.24, 2.45) is 0 Å². The van der Waals surface area contributed by atoms with Crippen LogP contribution in [-0.2, 0) is 25.5 Å². The molecule has 0 aromatic heterocycles. The summed E-state index contributed by atoms with van der Waals surface area (Å²) >= 11 is 0. The predicted molar refractivity (Wildman–Crippen MR) is 104 cm³/mol. The predicted octanol–water partition coefficient (Wildman–Crippen LogP) is 3.28. The summed E-state index contributed by atoms with van der Waals surface area (Å²) in [5.41, 5.74) is -0.0568. The summed E-state index contributed by atoms with van der Waals surface area (Å²) in [7, 11) is -3.62. The van der Waals surface area contributed by atoms with Crippen LogP contribution in [0, 0.1) is 0 Å². The van der Waals surface area contributed by atoms with E-state index >= 15 is 0 Å². The van der Waals surface area contributed by atoms with Gasteiger partial charge in [0.1, 0.15) is 17.0 Å². The SMILES string of the molecule is CC(C)(C)OC(=O)N[C@H](COS(C)(=O)=O)Cc1ccc(OC(C)(C)C)cc1. The van der Waals surface area contributed by atoms with Crippen molar-refractivity contribution < 1.29 is 26.9 Å². The molecular formula is C19H31NO6S. The second-order valence-electron chi connectivity index (χ2n) is 8.39. The maximum atomic E-state index is 12.0. The second kappa shape index (κ2) is 8.93. The van der Waals surface area contributed by atoms with E-state index in [1.54, 1.807) is 20.8 Å². The summed E-state index contributed by atoms with van der Waals surface area (Å²) in [6, 6.07) is 6.84. The lowest BCUT2D eigenvalue weighted by molar-refractivity contribution is 0.0488. The highest BCUT2D eigenvalue weighted by Crippen LogP contribution is 2.19. The Morgan fingerprint density at radius 3 is 2.04 bits per heavy atom. The standard InChI is InChI=1S/C19H31NO6S/c1-18(2,3)25-16-10-8-14(9-11-16)12-15(13-24-27(7,22)23)20-17(21)26-19(4,5)6/h8-11,15H,12-13H2,1-7H3,(H,20,21)/t15-/m0/s1. The summed E-state index contributed by atoms with van der Waals surface area (Å²) in [6.45, 7) is 11.0. The number of carbonyl (C=O) groups is 1. The average Bonchev–Trinajstić information content (AvgIpc) is 2.42. The molecule has 8 heteroatoms. The Balaban J connectivity index is 2.81. The lowest BCUT2D eigenvalue weighted by Gasteiger charge is -2.24. The van der Waals surface area contributed by atoms with E-state index < -0.39 is 27.9 Å². The molecule has 27 heavy (non-hydrogen) atoms. The van der Waals surface area contributed by atoms with Crippen molar-refractivity contribution in [2.75, 3.05) is 12.9 Å². The van der Waals surface area contributed by atoms with E-state index in [-0.39, 0.29) is 12.2 Å². The van der Waals surface area contributed by atoms with Gasteiger partial charge in [0.2, 0.25) is 0 Å². The van der Waals surface area contributed by atoms with Gasteiger partial charge in [0.05, 0.1) is 18.9 Å². The first-order valence-corrected chi connectivity index (χ1v) is 10.6. The highest BCUT2D eigenvalue weighted by Gasteiger charge is 2.21. The van der Waals surface area contributed by atoms with Crippen molar-refractivity contribution >= 4 is 16.2 Å². The molecule has 0 saturated carbocycles. The van der Waals surface area contributed by atoms with Gasteiger partial charge in [-0.05, 0) is 65.7 Å². The van der Waals surface area contributed by atoms with Gasteiger partial charge in [-0.15, -0.1) is 0 Å². The third kappa shape index (κ3) is 11.5. The Kier molecular flexibility index (Phi) is 7.68. The number of carbonyl (C=O) groups excluding carboxylic acids is 1. The van der Waals surface area contributed by atoms with E-state index in [1.807, 2.05) is 45.0 Å². The fourth-order valence-electron chi connectivity index (χ4n) is 2.16. The number of benzene rings is 1. The molecule has 0 unspecified atom stereocenters. The molecule has 154 valence electrons. The van der Waals surface area contributed by atoms with Gasteiger partial charge >= 0.3 is 6.09 Å². The maximum Gasteiger partial charge on any atom is 0.407 e. The van der Waals surface area contributed by atoms with Crippen LogP contribution in [0.4, 0.5) is 4.79 Å². The molecule has 1 amide bonds. The van der Waals surface area contributed by atoms with Crippen LogP contribution in [0.1, 0.15) is 47.1 Å². The summed E-state index contributed by atoms with van der Waals surface area (Å²) in [5, 5.41) is 2.67. The molecule has 0 aliphatic carbocycles. The van der Waals surface area contributed by atoms with Crippen LogP contribution in [-0.4, -0.2) is 44.6 Å². The van der Waals surface area contributed by atoms with E-state index in [0.29, 0.717) is 6.42 Å². The lowest BCUT2D eigenvalue weighted by Crippen LogP contribution is -2.43. The molecule has 1 aromatic carbocycles. The average molecular weight is 402 g/mol. The number of amides is 1. The molecule has 1 rings (SSSR count). The normalized spacial score (nSPS) is 13.7. The minimum Gasteiger partial charge on any atom is -0.488 e. The molecule has 0 aliphatic heterocycles. The minimum atomic E-state index is -3.62. The molecule has 0 saturated heterocycles. The van der Waals surface area contributed by atoms with Crippen LogP contribution in [0.25, 0.3) is 0 Å². The second-order valence-corrected chi connectivity index (χ2v) is 10.0. The first-order valence-electron chi connectivity index (χ1n) is 8.75. The molecule has 1 N–H and O–H groups in total. The Bertz CT molecular complexity index is 714. The molecule has 0 radical (unpaired) electrons.